The fourth-order valence-corrected chi connectivity index (χ4v) is 3.57. The number of amides is 1. The van der Waals surface area contributed by atoms with E-state index in [4.69, 9.17) is 47.0 Å². The minimum atomic E-state index is -1.84. The van der Waals surface area contributed by atoms with E-state index in [2.05, 4.69) is 31.9 Å². The normalized spacial score (nSPS) is 12.3. The molecule has 3 N–H and O–H groups in total. The molecule has 29 heavy (non-hydrogen) atoms. The summed E-state index contributed by atoms with van der Waals surface area (Å²) in [5.74, 6) is -0.413. The third kappa shape index (κ3) is 6.20. The van der Waals surface area contributed by atoms with Crippen LogP contribution < -0.4 is 16.0 Å². The fraction of sp³-hybridized carbons (Fsp3) is 0.100. The van der Waals surface area contributed by atoms with Crippen LogP contribution in [0.5, 0.6) is 0 Å². The van der Waals surface area contributed by atoms with Crippen molar-refractivity contribution >= 4 is 90.4 Å². The van der Waals surface area contributed by atoms with E-state index in [9.17, 15) is 4.79 Å². The Morgan fingerprint density at radius 2 is 1.66 bits per heavy atom. The average molecular weight is 532 g/mol. The first kappa shape index (κ1) is 22.1. The van der Waals surface area contributed by atoms with Gasteiger partial charge in [0, 0.05) is 15.7 Å². The molecular formula is C20H15BrCl3N3OS. The highest BCUT2D eigenvalue weighted by atomic mass is 79.9. The molecule has 1 atom stereocenters. The first-order chi connectivity index (χ1) is 13.7. The minimum Gasteiger partial charge on any atom is -0.339 e. The Morgan fingerprint density at radius 1 is 0.931 bits per heavy atom. The Bertz CT molecular complexity index is 1060. The van der Waals surface area contributed by atoms with Gasteiger partial charge in [-0.25, -0.2) is 0 Å². The summed E-state index contributed by atoms with van der Waals surface area (Å²) in [7, 11) is 0. The first-order valence-corrected chi connectivity index (χ1v) is 10.8. The van der Waals surface area contributed by atoms with Crippen molar-refractivity contribution in [3.8, 4) is 0 Å². The molecule has 3 aromatic carbocycles. The summed E-state index contributed by atoms with van der Waals surface area (Å²) < 4.78 is -1.08. The number of anilines is 1. The number of carbonyl (C=O) groups is 1. The summed E-state index contributed by atoms with van der Waals surface area (Å²) in [6, 6.07) is 20.6. The summed E-state index contributed by atoms with van der Waals surface area (Å²) in [6.07, 6.45) is -1.06. The van der Waals surface area contributed by atoms with Crippen LogP contribution in [0.4, 0.5) is 5.69 Å². The monoisotopic (exact) mass is 529 g/mol. The van der Waals surface area contributed by atoms with Crippen LogP contribution in [0.25, 0.3) is 10.8 Å². The Morgan fingerprint density at radius 3 is 2.34 bits per heavy atom. The zero-order valence-corrected chi connectivity index (χ0v) is 19.4. The summed E-state index contributed by atoms with van der Waals surface area (Å²) in [5.41, 5.74) is 1.18. The predicted molar refractivity (Wildman–Crippen MR) is 129 cm³/mol. The van der Waals surface area contributed by atoms with Crippen LogP contribution in [0, 0.1) is 0 Å². The molecule has 0 radical (unpaired) electrons. The Hall–Kier alpha value is -1.57. The van der Waals surface area contributed by atoms with Gasteiger partial charge in [-0.3, -0.25) is 4.79 Å². The van der Waals surface area contributed by atoms with Gasteiger partial charge in [0.1, 0.15) is 6.17 Å². The number of thiocarbonyl (C=S) groups is 1. The van der Waals surface area contributed by atoms with E-state index in [1.807, 2.05) is 48.5 Å². The number of halogens is 4. The number of hydrogen-bond acceptors (Lipinski definition) is 2. The molecule has 150 valence electrons. The van der Waals surface area contributed by atoms with Crippen molar-refractivity contribution in [3.05, 3.63) is 76.8 Å². The number of fused-ring (bicyclic) bond motifs is 1. The molecule has 0 saturated carbocycles. The van der Waals surface area contributed by atoms with E-state index < -0.39 is 15.9 Å². The summed E-state index contributed by atoms with van der Waals surface area (Å²) >= 11 is 26.8. The molecule has 0 aliphatic rings. The van der Waals surface area contributed by atoms with E-state index in [1.54, 1.807) is 18.2 Å². The molecule has 3 aromatic rings. The van der Waals surface area contributed by atoms with E-state index in [1.165, 1.54) is 0 Å². The van der Waals surface area contributed by atoms with E-state index in [-0.39, 0.29) is 5.11 Å². The maximum Gasteiger partial charge on any atom is 0.253 e. The molecule has 0 saturated heterocycles. The van der Waals surface area contributed by atoms with Crippen LogP contribution in [-0.2, 0) is 0 Å². The van der Waals surface area contributed by atoms with Crippen molar-refractivity contribution in [1.82, 2.24) is 10.6 Å². The third-order valence-electron chi connectivity index (χ3n) is 3.97. The second-order valence-corrected chi connectivity index (χ2v) is 9.81. The van der Waals surface area contributed by atoms with Gasteiger partial charge >= 0.3 is 0 Å². The van der Waals surface area contributed by atoms with Crippen molar-refractivity contribution in [2.75, 3.05) is 5.32 Å². The van der Waals surface area contributed by atoms with Crippen LogP contribution in [-0.4, -0.2) is 21.0 Å². The van der Waals surface area contributed by atoms with Crippen molar-refractivity contribution < 1.29 is 4.79 Å². The largest absolute Gasteiger partial charge is 0.339 e. The lowest BCUT2D eigenvalue weighted by atomic mass is 10.1. The van der Waals surface area contributed by atoms with Gasteiger partial charge in [0.15, 0.2) is 5.11 Å². The van der Waals surface area contributed by atoms with Crippen molar-refractivity contribution in [1.29, 1.82) is 0 Å². The molecule has 0 spiro atoms. The topological polar surface area (TPSA) is 53.2 Å². The predicted octanol–water partition coefficient (Wildman–Crippen LogP) is 6.02. The summed E-state index contributed by atoms with van der Waals surface area (Å²) in [6.45, 7) is 0. The molecule has 0 aromatic heterocycles. The van der Waals surface area contributed by atoms with Gasteiger partial charge in [0.05, 0.1) is 0 Å². The molecule has 0 aliphatic heterocycles. The zero-order chi connectivity index (χ0) is 21.0. The lowest BCUT2D eigenvalue weighted by molar-refractivity contribution is 0.0934. The second-order valence-electron chi connectivity index (χ2n) is 6.12. The van der Waals surface area contributed by atoms with Crippen LogP contribution in [0.15, 0.2) is 71.2 Å². The summed E-state index contributed by atoms with van der Waals surface area (Å²) in [4.78, 5) is 12.5. The second kappa shape index (κ2) is 9.49. The molecule has 4 nitrogen and oxygen atoms in total. The number of carbonyl (C=O) groups excluding carboxylic acids is 1. The van der Waals surface area contributed by atoms with E-state index in [0.29, 0.717) is 5.56 Å². The molecule has 0 heterocycles. The van der Waals surface area contributed by atoms with Crippen molar-refractivity contribution in [2.24, 2.45) is 0 Å². The highest BCUT2D eigenvalue weighted by Crippen LogP contribution is 2.29. The first-order valence-electron chi connectivity index (χ1n) is 8.42. The maximum atomic E-state index is 12.5. The highest BCUT2D eigenvalue weighted by Gasteiger charge is 2.35. The SMILES string of the molecule is O=C(N[C@@H](NC(=S)Nc1ccc2ccccc2c1)C(Cl)(Cl)Cl)c1cccc(Br)c1. The third-order valence-corrected chi connectivity index (χ3v) is 5.34. The molecule has 9 heteroatoms. The Labute approximate surface area is 197 Å². The molecule has 3 rings (SSSR count). The van der Waals surface area contributed by atoms with Crippen LogP contribution in [0.1, 0.15) is 10.4 Å². The molecule has 0 aliphatic carbocycles. The van der Waals surface area contributed by atoms with Crippen LogP contribution in [0.3, 0.4) is 0 Å². The standard InChI is InChI=1S/C20H15BrCl3N3OS/c21-15-7-3-6-14(10-15)17(28)26-18(20(22,23)24)27-19(29)25-16-9-8-12-4-1-2-5-13(12)11-16/h1-11,18H,(H,26,28)(H2,25,27,29)/t18-/m0/s1. The van der Waals surface area contributed by atoms with Gasteiger partial charge < -0.3 is 16.0 Å². The van der Waals surface area contributed by atoms with Crippen molar-refractivity contribution in [3.63, 3.8) is 0 Å². The lowest BCUT2D eigenvalue weighted by Crippen LogP contribution is -2.56. The summed E-state index contributed by atoms with van der Waals surface area (Å²) in [5, 5.41) is 10.9. The Balaban J connectivity index is 1.70. The van der Waals surface area contributed by atoms with E-state index >= 15 is 0 Å². The molecule has 1 amide bonds. The molecule has 0 bridgehead atoms. The minimum absolute atomic E-state index is 0.200. The number of hydrogen-bond donors (Lipinski definition) is 3. The van der Waals surface area contributed by atoms with E-state index in [0.717, 1.165) is 20.9 Å². The maximum absolute atomic E-state index is 12.5. The highest BCUT2D eigenvalue weighted by molar-refractivity contribution is 9.10. The zero-order valence-electron chi connectivity index (χ0n) is 14.8. The fourth-order valence-electron chi connectivity index (χ4n) is 2.61. The van der Waals surface area contributed by atoms with Gasteiger partial charge in [-0.1, -0.05) is 87.1 Å². The van der Waals surface area contributed by atoms with Crippen LogP contribution in [0.2, 0.25) is 0 Å². The van der Waals surface area contributed by atoms with Crippen LogP contribution >= 0.6 is 63.0 Å². The molecule has 0 fully saturated rings. The Kier molecular flexibility index (Phi) is 7.24. The molecular weight excluding hydrogens is 517 g/mol. The number of nitrogens with one attached hydrogen (secondary N) is 3. The number of rotatable bonds is 4. The quantitative estimate of drug-likeness (QED) is 0.219. The van der Waals surface area contributed by atoms with Gasteiger partial charge in [-0.05, 0) is 53.3 Å². The van der Waals surface area contributed by atoms with Gasteiger partial charge in [-0.15, -0.1) is 0 Å². The lowest BCUT2D eigenvalue weighted by Gasteiger charge is -2.27. The molecule has 0 unspecified atom stereocenters. The average Bonchev–Trinajstić information content (AvgIpc) is 2.66. The van der Waals surface area contributed by atoms with Gasteiger partial charge in [-0.2, -0.15) is 0 Å². The van der Waals surface area contributed by atoms with Gasteiger partial charge in [0.25, 0.3) is 5.91 Å². The number of alkyl halides is 3. The van der Waals surface area contributed by atoms with Crippen molar-refractivity contribution in [2.45, 2.75) is 9.96 Å². The van der Waals surface area contributed by atoms with Gasteiger partial charge in [0.2, 0.25) is 3.79 Å². The number of benzene rings is 3. The smallest absolute Gasteiger partial charge is 0.253 e.